The molecule has 5 heteroatoms. The fourth-order valence-corrected chi connectivity index (χ4v) is 2.48. The number of hydrogen-bond acceptors (Lipinski definition) is 4. The van der Waals surface area contributed by atoms with Crippen molar-refractivity contribution in [2.24, 2.45) is 0 Å². The Bertz CT molecular complexity index is 923. The minimum atomic E-state index is -0.241. The van der Waals surface area contributed by atoms with Gasteiger partial charge in [0.05, 0.1) is 0 Å². The number of anilines is 2. The van der Waals surface area contributed by atoms with Gasteiger partial charge < -0.3 is 10.6 Å². The number of carbonyl (C=O) groups excluding carboxylic acids is 2. The third-order valence-electron chi connectivity index (χ3n) is 3.85. The van der Waals surface area contributed by atoms with Gasteiger partial charge in [-0.05, 0) is 36.8 Å². The fourth-order valence-electron chi connectivity index (χ4n) is 2.48. The smallest absolute Gasteiger partial charge is 0.270 e. The highest BCUT2D eigenvalue weighted by atomic mass is 16.1. The summed E-state index contributed by atoms with van der Waals surface area (Å²) in [5.41, 5.74) is 3.49. The summed E-state index contributed by atoms with van der Waals surface area (Å²) in [6, 6.07) is 20.4. The number of amides is 1. The average molecular weight is 345 g/mol. The van der Waals surface area contributed by atoms with Crippen LogP contribution in [-0.4, -0.2) is 16.7 Å². The topological polar surface area (TPSA) is 71.1 Å². The zero-order valence-electron chi connectivity index (χ0n) is 14.4. The standard InChI is InChI=1S/C21H19N3O2/c1-15(25)17-8-5-9-18(12-17)24-19-10-11-22-20(13-19)21(26)23-14-16-6-3-2-4-7-16/h2-13H,14H2,1H3,(H,22,24)(H,23,26). The summed E-state index contributed by atoms with van der Waals surface area (Å²) < 4.78 is 0. The van der Waals surface area contributed by atoms with Crippen LogP contribution in [0.25, 0.3) is 0 Å². The second kappa shape index (κ2) is 8.07. The van der Waals surface area contributed by atoms with Crippen molar-refractivity contribution in [2.75, 3.05) is 5.32 Å². The van der Waals surface area contributed by atoms with Crippen LogP contribution in [-0.2, 0) is 6.54 Å². The molecule has 2 aromatic carbocycles. The van der Waals surface area contributed by atoms with E-state index < -0.39 is 0 Å². The first-order chi connectivity index (χ1) is 12.6. The van der Waals surface area contributed by atoms with Gasteiger partial charge in [-0.1, -0.05) is 42.5 Å². The number of nitrogens with one attached hydrogen (secondary N) is 2. The maximum atomic E-state index is 12.3. The molecule has 1 amide bonds. The highest BCUT2D eigenvalue weighted by Crippen LogP contribution is 2.18. The fraction of sp³-hybridized carbons (Fsp3) is 0.0952. The Kier molecular flexibility index (Phi) is 5.39. The minimum absolute atomic E-state index is 0.00403. The molecule has 3 aromatic rings. The van der Waals surface area contributed by atoms with E-state index in [9.17, 15) is 9.59 Å². The van der Waals surface area contributed by atoms with Crippen LogP contribution in [0.4, 0.5) is 11.4 Å². The molecule has 0 aliphatic rings. The molecule has 26 heavy (non-hydrogen) atoms. The van der Waals surface area contributed by atoms with Crippen LogP contribution in [0.2, 0.25) is 0 Å². The van der Waals surface area contributed by atoms with Crippen LogP contribution in [0.3, 0.4) is 0 Å². The van der Waals surface area contributed by atoms with E-state index in [1.807, 2.05) is 42.5 Å². The summed E-state index contributed by atoms with van der Waals surface area (Å²) >= 11 is 0. The second-order valence-electron chi connectivity index (χ2n) is 5.86. The van der Waals surface area contributed by atoms with Crippen LogP contribution in [0.15, 0.2) is 72.9 Å². The molecule has 3 rings (SSSR count). The SMILES string of the molecule is CC(=O)c1cccc(Nc2ccnc(C(=O)NCc3ccccc3)c2)c1. The predicted octanol–water partition coefficient (Wildman–Crippen LogP) is 3.96. The summed E-state index contributed by atoms with van der Waals surface area (Å²) in [6.07, 6.45) is 1.58. The molecule has 0 spiro atoms. The molecule has 0 bridgehead atoms. The number of aromatic nitrogens is 1. The van der Waals surface area contributed by atoms with Crippen molar-refractivity contribution in [2.45, 2.75) is 13.5 Å². The Morgan fingerprint density at radius 1 is 0.923 bits per heavy atom. The Morgan fingerprint density at radius 3 is 2.46 bits per heavy atom. The second-order valence-corrected chi connectivity index (χ2v) is 5.86. The molecular formula is C21H19N3O2. The highest BCUT2D eigenvalue weighted by molar-refractivity contribution is 5.95. The van der Waals surface area contributed by atoms with Gasteiger partial charge in [-0.15, -0.1) is 0 Å². The average Bonchev–Trinajstić information content (AvgIpc) is 2.67. The van der Waals surface area contributed by atoms with Crippen molar-refractivity contribution in [3.8, 4) is 0 Å². The van der Waals surface area contributed by atoms with Gasteiger partial charge in [-0.25, -0.2) is 0 Å². The van der Waals surface area contributed by atoms with Crippen LogP contribution in [0.5, 0.6) is 0 Å². The van der Waals surface area contributed by atoms with Crippen molar-refractivity contribution in [3.05, 3.63) is 89.7 Å². The number of pyridine rings is 1. The lowest BCUT2D eigenvalue weighted by Gasteiger charge is -2.09. The van der Waals surface area contributed by atoms with Crippen LogP contribution < -0.4 is 10.6 Å². The zero-order valence-corrected chi connectivity index (χ0v) is 14.4. The third kappa shape index (κ3) is 4.54. The zero-order chi connectivity index (χ0) is 18.4. The Morgan fingerprint density at radius 2 is 1.69 bits per heavy atom. The highest BCUT2D eigenvalue weighted by Gasteiger charge is 2.08. The predicted molar refractivity (Wildman–Crippen MR) is 102 cm³/mol. The first kappa shape index (κ1) is 17.4. The van der Waals surface area contributed by atoms with Crippen molar-refractivity contribution >= 4 is 23.1 Å². The molecule has 5 nitrogen and oxygen atoms in total. The van der Waals surface area contributed by atoms with Gasteiger partial charge in [0.1, 0.15) is 5.69 Å². The third-order valence-corrected chi connectivity index (χ3v) is 3.85. The molecule has 0 radical (unpaired) electrons. The van der Waals surface area contributed by atoms with E-state index in [1.165, 1.54) is 6.92 Å². The summed E-state index contributed by atoms with van der Waals surface area (Å²) in [4.78, 5) is 27.9. The van der Waals surface area contributed by atoms with Crippen LogP contribution in [0, 0.1) is 0 Å². The minimum Gasteiger partial charge on any atom is -0.355 e. The number of ketones is 1. The number of carbonyl (C=O) groups is 2. The Hall–Kier alpha value is -3.47. The molecule has 0 atom stereocenters. The van der Waals surface area contributed by atoms with E-state index in [2.05, 4.69) is 15.6 Å². The van der Waals surface area contributed by atoms with E-state index in [0.29, 0.717) is 17.8 Å². The van der Waals surface area contributed by atoms with Gasteiger partial charge in [0, 0.05) is 29.7 Å². The van der Waals surface area contributed by atoms with E-state index in [-0.39, 0.29) is 11.7 Å². The normalized spacial score (nSPS) is 10.2. The van der Waals surface area contributed by atoms with Gasteiger partial charge in [0.15, 0.2) is 5.78 Å². The van der Waals surface area contributed by atoms with Crippen LogP contribution in [0.1, 0.15) is 33.3 Å². The first-order valence-corrected chi connectivity index (χ1v) is 8.28. The summed E-state index contributed by atoms with van der Waals surface area (Å²) in [7, 11) is 0. The molecule has 0 unspecified atom stereocenters. The van der Waals surface area contributed by atoms with Gasteiger partial charge >= 0.3 is 0 Å². The molecule has 0 aliphatic carbocycles. The number of Topliss-reactive ketones (excluding diaryl/α,β-unsaturated/α-hetero) is 1. The van der Waals surface area contributed by atoms with Gasteiger partial charge in [-0.3, -0.25) is 14.6 Å². The number of nitrogens with zero attached hydrogens (tertiary/aromatic N) is 1. The van der Waals surface area contributed by atoms with Crippen molar-refractivity contribution < 1.29 is 9.59 Å². The largest absolute Gasteiger partial charge is 0.355 e. The number of hydrogen-bond donors (Lipinski definition) is 2. The molecular weight excluding hydrogens is 326 g/mol. The molecule has 0 aliphatic heterocycles. The Labute approximate surface area is 152 Å². The van der Waals surface area contributed by atoms with Gasteiger partial charge in [0.2, 0.25) is 0 Å². The lowest BCUT2D eigenvalue weighted by molar-refractivity contribution is 0.0945. The molecule has 1 heterocycles. The lowest BCUT2D eigenvalue weighted by atomic mass is 10.1. The first-order valence-electron chi connectivity index (χ1n) is 8.28. The summed E-state index contributed by atoms with van der Waals surface area (Å²) in [5, 5.41) is 6.05. The Balaban J connectivity index is 1.68. The monoisotopic (exact) mass is 345 g/mol. The number of rotatable bonds is 6. The van der Waals surface area contributed by atoms with E-state index in [4.69, 9.17) is 0 Å². The maximum absolute atomic E-state index is 12.3. The van der Waals surface area contributed by atoms with Gasteiger partial charge in [0.25, 0.3) is 5.91 Å². The van der Waals surface area contributed by atoms with Crippen molar-refractivity contribution in [1.29, 1.82) is 0 Å². The number of benzene rings is 2. The molecule has 0 saturated heterocycles. The van der Waals surface area contributed by atoms with E-state index in [1.54, 1.807) is 30.5 Å². The molecule has 130 valence electrons. The van der Waals surface area contributed by atoms with Crippen LogP contribution >= 0.6 is 0 Å². The summed E-state index contributed by atoms with van der Waals surface area (Å²) in [5.74, 6) is -0.237. The van der Waals surface area contributed by atoms with E-state index >= 15 is 0 Å². The quantitative estimate of drug-likeness (QED) is 0.664. The van der Waals surface area contributed by atoms with Crippen molar-refractivity contribution in [3.63, 3.8) is 0 Å². The van der Waals surface area contributed by atoms with Gasteiger partial charge in [-0.2, -0.15) is 0 Å². The molecule has 0 fully saturated rings. The molecule has 1 aromatic heterocycles. The van der Waals surface area contributed by atoms with E-state index in [0.717, 1.165) is 16.9 Å². The lowest BCUT2D eigenvalue weighted by Crippen LogP contribution is -2.23. The summed E-state index contributed by atoms with van der Waals surface area (Å²) in [6.45, 7) is 1.97. The molecule has 2 N–H and O–H groups in total. The molecule has 0 saturated carbocycles. The maximum Gasteiger partial charge on any atom is 0.270 e. The van der Waals surface area contributed by atoms with Crippen molar-refractivity contribution in [1.82, 2.24) is 10.3 Å².